The molecule has 1 N–H and O–H groups in total. The summed E-state index contributed by atoms with van der Waals surface area (Å²) in [5, 5.41) is 9.39. The largest absolute Gasteiger partial charge is 0.389 e. The molecule has 0 radical (unpaired) electrons. The van der Waals surface area contributed by atoms with Gasteiger partial charge in [0.25, 0.3) is 0 Å². The second-order valence-electron chi connectivity index (χ2n) is 4.00. The topological polar surface area (TPSA) is 20.2 Å². The zero-order chi connectivity index (χ0) is 8.97. The zero-order valence-corrected chi connectivity index (χ0v) is 8.21. The van der Waals surface area contributed by atoms with Crippen molar-refractivity contribution >= 4 is 0 Å². The molecule has 1 heteroatoms. The smallest absolute Gasteiger partial charge is 0.0723 e. The lowest BCUT2D eigenvalue weighted by Gasteiger charge is -2.19. The summed E-state index contributed by atoms with van der Waals surface area (Å²) in [4.78, 5) is 0. The van der Waals surface area contributed by atoms with Crippen LogP contribution in [0.2, 0.25) is 0 Å². The first-order chi connectivity index (χ1) is 5.72. The van der Waals surface area contributed by atoms with Crippen LogP contribution in [-0.4, -0.2) is 11.2 Å². The highest BCUT2D eigenvalue weighted by Crippen LogP contribution is 2.24. The lowest BCUT2D eigenvalue weighted by atomic mass is 9.90. The Hall–Kier alpha value is -0.300. The fourth-order valence-corrected chi connectivity index (χ4v) is 1.74. The highest BCUT2D eigenvalue weighted by Gasteiger charge is 2.12. The van der Waals surface area contributed by atoms with Gasteiger partial charge in [-0.3, -0.25) is 0 Å². The van der Waals surface area contributed by atoms with E-state index in [1.54, 1.807) is 0 Å². The monoisotopic (exact) mass is 168 g/mol. The average Bonchev–Trinajstić information content (AvgIpc) is 2.04. The molecule has 0 bridgehead atoms. The van der Waals surface area contributed by atoms with Gasteiger partial charge in [0.05, 0.1) is 6.10 Å². The van der Waals surface area contributed by atoms with E-state index in [-0.39, 0.29) is 6.10 Å². The molecule has 1 nitrogen and oxygen atoms in total. The summed E-state index contributed by atoms with van der Waals surface area (Å²) in [5.41, 5.74) is 1.48. The molecule has 12 heavy (non-hydrogen) atoms. The molecule has 0 amide bonds. The SMILES string of the molecule is CCC(C)CC1=CC(O)CCC1. The van der Waals surface area contributed by atoms with Crippen molar-refractivity contribution in [3.8, 4) is 0 Å². The maximum Gasteiger partial charge on any atom is 0.0723 e. The molecule has 70 valence electrons. The molecule has 0 heterocycles. The first-order valence-corrected chi connectivity index (χ1v) is 5.10. The van der Waals surface area contributed by atoms with Gasteiger partial charge in [0, 0.05) is 0 Å². The maximum absolute atomic E-state index is 9.39. The molecule has 0 saturated carbocycles. The quantitative estimate of drug-likeness (QED) is 0.642. The van der Waals surface area contributed by atoms with E-state index in [1.807, 2.05) is 0 Å². The number of aliphatic hydroxyl groups excluding tert-OH is 1. The van der Waals surface area contributed by atoms with Crippen molar-refractivity contribution < 1.29 is 5.11 Å². The van der Waals surface area contributed by atoms with Gasteiger partial charge < -0.3 is 5.11 Å². The molecule has 0 aromatic rings. The van der Waals surface area contributed by atoms with E-state index in [2.05, 4.69) is 19.9 Å². The van der Waals surface area contributed by atoms with Gasteiger partial charge in [-0.2, -0.15) is 0 Å². The van der Waals surface area contributed by atoms with Crippen LogP contribution in [0.4, 0.5) is 0 Å². The Labute approximate surface area is 75.5 Å². The molecule has 2 unspecified atom stereocenters. The third kappa shape index (κ3) is 2.98. The van der Waals surface area contributed by atoms with Crippen molar-refractivity contribution in [2.24, 2.45) is 5.92 Å². The molecule has 0 spiro atoms. The van der Waals surface area contributed by atoms with Crippen LogP contribution in [0.15, 0.2) is 11.6 Å². The Morgan fingerprint density at radius 2 is 2.42 bits per heavy atom. The van der Waals surface area contributed by atoms with E-state index < -0.39 is 0 Å². The number of aliphatic hydroxyl groups is 1. The highest BCUT2D eigenvalue weighted by atomic mass is 16.3. The van der Waals surface area contributed by atoms with Crippen LogP contribution in [-0.2, 0) is 0 Å². The van der Waals surface area contributed by atoms with Gasteiger partial charge in [-0.1, -0.05) is 31.9 Å². The van der Waals surface area contributed by atoms with Crippen LogP contribution < -0.4 is 0 Å². The summed E-state index contributed by atoms with van der Waals surface area (Å²) in [6.07, 6.45) is 7.68. The van der Waals surface area contributed by atoms with Crippen LogP contribution in [0, 0.1) is 5.92 Å². The van der Waals surface area contributed by atoms with Gasteiger partial charge in [0.2, 0.25) is 0 Å². The lowest BCUT2D eigenvalue weighted by Crippen LogP contribution is -2.10. The van der Waals surface area contributed by atoms with Gasteiger partial charge in [-0.15, -0.1) is 0 Å². The van der Waals surface area contributed by atoms with E-state index >= 15 is 0 Å². The third-order valence-corrected chi connectivity index (χ3v) is 2.73. The van der Waals surface area contributed by atoms with E-state index in [0.29, 0.717) is 0 Å². The summed E-state index contributed by atoms with van der Waals surface area (Å²) in [6.45, 7) is 4.51. The van der Waals surface area contributed by atoms with Gasteiger partial charge in [-0.25, -0.2) is 0 Å². The Kier molecular flexibility index (Phi) is 3.80. The zero-order valence-electron chi connectivity index (χ0n) is 8.21. The second-order valence-corrected chi connectivity index (χ2v) is 4.00. The molecule has 1 aliphatic carbocycles. The van der Waals surface area contributed by atoms with Gasteiger partial charge in [-0.05, 0) is 31.6 Å². The van der Waals surface area contributed by atoms with Gasteiger partial charge in [0.1, 0.15) is 0 Å². The Bertz CT molecular complexity index is 160. The number of hydrogen-bond donors (Lipinski definition) is 1. The highest BCUT2D eigenvalue weighted by molar-refractivity contribution is 5.09. The van der Waals surface area contributed by atoms with Crippen molar-refractivity contribution in [2.45, 2.75) is 52.1 Å². The minimum Gasteiger partial charge on any atom is -0.389 e. The van der Waals surface area contributed by atoms with E-state index in [9.17, 15) is 5.11 Å². The van der Waals surface area contributed by atoms with Crippen molar-refractivity contribution in [3.05, 3.63) is 11.6 Å². The van der Waals surface area contributed by atoms with Crippen molar-refractivity contribution in [3.63, 3.8) is 0 Å². The summed E-state index contributed by atoms with van der Waals surface area (Å²) < 4.78 is 0. The average molecular weight is 168 g/mol. The van der Waals surface area contributed by atoms with E-state index in [0.717, 1.165) is 12.3 Å². The molecule has 0 aromatic carbocycles. The fraction of sp³-hybridized carbons (Fsp3) is 0.818. The molecule has 0 saturated heterocycles. The molecule has 1 aliphatic rings. The molecule has 2 atom stereocenters. The molecule has 1 rings (SSSR count). The molecule has 0 aliphatic heterocycles. The lowest BCUT2D eigenvalue weighted by molar-refractivity contribution is 0.201. The molecular formula is C11H20O. The predicted molar refractivity (Wildman–Crippen MR) is 52.0 cm³/mol. The second kappa shape index (κ2) is 4.66. The number of rotatable bonds is 3. The van der Waals surface area contributed by atoms with Crippen molar-refractivity contribution in [1.29, 1.82) is 0 Å². The normalized spacial score (nSPS) is 26.6. The third-order valence-electron chi connectivity index (χ3n) is 2.73. The van der Waals surface area contributed by atoms with Crippen molar-refractivity contribution in [1.82, 2.24) is 0 Å². The predicted octanol–water partition coefficient (Wildman–Crippen LogP) is 2.89. The van der Waals surface area contributed by atoms with Crippen LogP contribution in [0.1, 0.15) is 46.0 Å². The van der Waals surface area contributed by atoms with Gasteiger partial charge >= 0.3 is 0 Å². The van der Waals surface area contributed by atoms with Crippen LogP contribution in [0.25, 0.3) is 0 Å². The van der Waals surface area contributed by atoms with Crippen molar-refractivity contribution in [2.75, 3.05) is 0 Å². The summed E-state index contributed by atoms with van der Waals surface area (Å²) in [5.74, 6) is 0.779. The standard InChI is InChI=1S/C11H20O/c1-3-9(2)7-10-5-4-6-11(12)8-10/h8-9,11-12H,3-7H2,1-2H3. The van der Waals surface area contributed by atoms with Crippen LogP contribution >= 0.6 is 0 Å². The summed E-state index contributed by atoms with van der Waals surface area (Å²) in [7, 11) is 0. The molecular weight excluding hydrogens is 148 g/mol. The molecule has 0 fully saturated rings. The van der Waals surface area contributed by atoms with Gasteiger partial charge in [0.15, 0.2) is 0 Å². The summed E-state index contributed by atoms with van der Waals surface area (Å²) >= 11 is 0. The minimum atomic E-state index is -0.155. The maximum atomic E-state index is 9.39. The first-order valence-electron chi connectivity index (χ1n) is 5.10. The number of hydrogen-bond acceptors (Lipinski definition) is 1. The Morgan fingerprint density at radius 1 is 1.67 bits per heavy atom. The molecule has 0 aromatic heterocycles. The van der Waals surface area contributed by atoms with E-state index in [1.165, 1.54) is 31.3 Å². The van der Waals surface area contributed by atoms with Crippen LogP contribution in [0.3, 0.4) is 0 Å². The number of allylic oxidation sites excluding steroid dienone is 1. The Morgan fingerprint density at radius 3 is 3.00 bits per heavy atom. The van der Waals surface area contributed by atoms with E-state index in [4.69, 9.17) is 0 Å². The Balaban J connectivity index is 2.40. The summed E-state index contributed by atoms with van der Waals surface area (Å²) in [6, 6.07) is 0. The fourth-order valence-electron chi connectivity index (χ4n) is 1.74. The van der Waals surface area contributed by atoms with Crippen LogP contribution in [0.5, 0.6) is 0 Å². The first kappa shape index (κ1) is 9.79. The minimum absolute atomic E-state index is 0.155.